The SMILES string of the molecule is CC(C)C(N)C(=O)NC(Cc1cnc[nH]1)C(=O)NCC(=O)NC(CO)C(=O)O. The van der Waals surface area contributed by atoms with Crippen LogP contribution in [0, 0.1) is 5.92 Å². The summed E-state index contributed by atoms with van der Waals surface area (Å²) < 4.78 is 0. The highest BCUT2D eigenvalue weighted by Crippen LogP contribution is 2.03. The van der Waals surface area contributed by atoms with E-state index in [1.54, 1.807) is 13.8 Å². The molecule has 3 unspecified atom stereocenters. The fourth-order valence-electron chi connectivity index (χ4n) is 2.12. The van der Waals surface area contributed by atoms with Gasteiger partial charge in [-0.3, -0.25) is 14.4 Å². The van der Waals surface area contributed by atoms with Gasteiger partial charge in [-0.2, -0.15) is 0 Å². The lowest BCUT2D eigenvalue weighted by atomic mass is 10.0. The number of imidazole rings is 1. The summed E-state index contributed by atoms with van der Waals surface area (Å²) >= 11 is 0. The average molecular weight is 398 g/mol. The minimum Gasteiger partial charge on any atom is -0.480 e. The van der Waals surface area contributed by atoms with E-state index in [4.69, 9.17) is 15.9 Å². The third kappa shape index (κ3) is 7.32. The second-order valence-corrected chi connectivity index (χ2v) is 6.47. The van der Waals surface area contributed by atoms with Gasteiger partial charge in [0.25, 0.3) is 0 Å². The lowest BCUT2D eigenvalue weighted by Gasteiger charge is -2.22. The van der Waals surface area contributed by atoms with Gasteiger partial charge in [-0.05, 0) is 5.92 Å². The molecular formula is C16H26N6O6. The van der Waals surface area contributed by atoms with E-state index in [1.807, 2.05) is 0 Å². The number of carboxylic acid groups (broad SMARTS) is 1. The number of hydrogen-bond acceptors (Lipinski definition) is 7. The summed E-state index contributed by atoms with van der Waals surface area (Å²) in [6, 6.07) is -3.33. The van der Waals surface area contributed by atoms with Gasteiger partial charge >= 0.3 is 5.97 Å². The first-order valence-corrected chi connectivity index (χ1v) is 8.59. The van der Waals surface area contributed by atoms with Crippen LogP contribution in [0.4, 0.5) is 0 Å². The molecule has 0 aliphatic rings. The molecule has 8 N–H and O–H groups in total. The number of aliphatic carboxylic acids is 1. The first-order valence-electron chi connectivity index (χ1n) is 8.59. The van der Waals surface area contributed by atoms with Crippen molar-refractivity contribution in [2.75, 3.05) is 13.2 Å². The topological polar surface area (TPSA) is 200 Å². The number of H-pyrrole nitrogens is 1. The third-order valence-electron chi connectivity index (χ3n) is 3.87. The van der Waals surface area contributed by atoms with Crippen molar-refractivity contribution >= 4 is 23.7 Å². The van der Waals surface area contributed by atoms with E-state index in [2.05, 4.69) is 25.9 Å². The minimum absolute atomic E-state index is 0.0817. The Kier molecular flexibility index (Phi) is 9.05. The molecule has 12 nitrogen and oxygen atoms in total. The Hall–Kier alpha value is -2.99. The van der Waals surface area contributed by atoms with Crippen LogP contribution in [0.3, 0.4) is 0 Å². The fourth-order valence-corrected chi connectivity index (χ4v) is 2.12. The highest BCUT2D eigenvalue weighted by molar-refractivity contribution is 5.92. The number of hydrogen-bond donors (Lipinski definition) is 7. The van der Waals surface area contributed by atoms with Gasteiger partial charge < -0.3 is 36.9 Å². The number of aliphatic hydroxyl groups excluding tert-OH is 1. The molecule has 0 fully saturated rings. The molecule has 0 radical (unpaired) electrons. The van der Waals surface area contributed by atoms with E-state index in [0.29, 0.717) is 5.69 Å². The van der Waals surface area contributed by atoms with Gasteiger partial charge in [-0.15, -0.1) is 0 Å². The molecule has 0 aromatic carbocycles. The van der Waals surface area contributed by atoms with Gasteiger partial charge in [0.05, 0.1) is 25.5 Å². The zero-order valence-electron chi connectivity index (χ0n) is 15.6. The van der Waals surface area contributed by atoms with Crippen LogP contribution >= 0.6 is 0 Å². The smallest absolute Gasteiger partial charge is 0.328 e. The summed E-state index contributed by atoms with van der Waals surface area (Å²) in [7, 11) is 0. The van der Waals surface area contributed by atoms with Crippen LogP contribution in [0.15, 0.2) is 12.5 Å². The maximum Gasteiger partial charge on any atom is 0.328 e. The number of carboxylic acids is 1. The molecule has 1 heterocycles. The Balaban J connectivity index is 2.72. The highest BCUT2D eigenvalue weighted by Gasteiger charge is 2.26. The second kappa shape index (κ2) is 11.0. The molecule has 0 aliphatic carbocycles. The molecule has 156 valence electrons. The summed E-state index contributed by atoms with van der Waals surface area (Å²) in [5, 5.41) is 24.6. The van der Waals surface area contributed by atoms with Crippen LogP contribution in [0.1, 0.15) is 19.5 Å². The van der Waals surface area contributed by atoms with Crippen LogP contribution in [0.2, 0.25) is 0 Å². The molecule has 1 rings (SSSR count). The van der Waals surface area contributed by atoms with Crippen molar-refractivity contribution in [3.05, 3.63) is 18.2 Å². The van der Waals surface area contributed by atoms with E-state index < -0.39 is 55.0 Å². The van der Waals surface area contributed by atoms with Crippen molar-refractivity contribution in [1.82, 2.24) is 25.9 Å². The average Bonchev–Trinajstić information content (AvgIpc) is 3.15. The molecule has 28 heavy (non-hydrogen) atoms. The first-order chi connectivity index (χ1) is 13.1. The predicted molar refractivity (Wildman–Crippen MR) is 96.7 cm³/mol. The second-order valence-electron chi connectivity index (χ2n) is 6.47. The molecule has 1 aromatic rings. The molecule has 0 spiro atoms. The maximum absolute atomic E-state index is 12.4. The van der Waals surface area contributed by atoms with Crippen molar-refractivity contribution in [2.45, 2.75) is 38.4 Å². The quantitative estimate of drug-likeness (QED) is 0.206. The van der Waals surface area contributed by atoms with Crippen molar-refractivity contribution in [3.8, 4) is 0 Å². The lowest BCUT2D eigenvalue weighted by Crippen LogP contribution is -2.55. The summed E-state index contributed by atoms with van der Waals surface area (Å²) in [4.78, 5) is 53.9. The standard InChI is InChI=1S/C16H26N6O6/c1-8(2)13(17)15(26)22-10(3-9-4-18-7-20-9)14(25)19-5-12(24)21-11(6-23)16(27)28/h4,7-8,10-11,13,23H,3,5-6,17H2,1-2H3,(H,18,20)(H,19,25)(H,21,24)(H,22,26)(H,27,28). The van der Waals surface area contributed by atoms with Gasteiger partial charge in [0.2, 0.25) is 17.7 Å². The summed E-state index contributed by atoms with van der Waals surface area (Å²) in [6.45, 7) is 2.20. The molecule has 0 aliphatic heterocycles. The zero-order chi connectivity index (χ0) is 21.3. The molecule has 0 bridgehead atoms. The van der Waals surface area contributed by atoms with Crippen molar-refractivity contribution in [1.29, 1.82) is 0 Å². The third-order valence-corrected chi connectivity index (χ3v) is 3.87. The Morgan fingerprint density at radius 1 is 1.18 bits per heavy atom. The van der Waals surface area contributed by atoms with Crippen LogP contribution < -0.4 is 21.7 Å². The molecule has 3 atom stereocenters. The predicted octanol–water partition coefficient (Wildman–Crippen LogP) is -2.90. The number of rotatable bonds is 11. The van der Waals surface area contributed by atoms with Gasteiger partial charge in [0, 0.05) is 18.3 Å². The Bertz CT molecular complexity index is 677. The van der Waals surface area contributed by atoms with Gasteiger partial charge in [0.1, 0.15) is 12.1 Å². The van der Waals surface area contributed by atoms with E-state index in [-0.39, 0.29) is 12.3 Å². The summed E-state index contributed by atoms with van der Waals surface area (Å²) in [6.07, 6.45) is 2.99. The largest absolute Gasteiger partial charge is 0.480 e. The number of aromatic amines is 1. The van der Waals surface area contributed by atoms with Crippen LogP contribution in [-0.4, -0.2) is 75.1 Å². The van der Waals surface area contributed by atoms with Crippen LogP contribution in [0.25, 0.3) is 0 Å². The van der Waals surface area contributed by atoms with E-state index >= 15 is 0 Å². The molecule has 3 amide bonds. The van der Waals surface area contributed by atoms with Crippen molar-refractivity contribution < 1.29 is 29.4 Å². The molecule has 12 heteroatoms. The molecule has 0 saturated carbocycles. The van der Waals surface area contributed by atoms with E-state index in [0.717, 1.165) is 0 Å². The highest BCUT2D eigenvalue weighted by atomic mass is 16.4. The van der Waals surface area contributed by atoms with Crippen LogP contribution in [0.5, 0.6) is 0 Å². The van der Waals surface area contributed by atoms with Crippen molar-refractivity contribution in [3.63, 3.8) is 0 Å². The number of aliphatic hydroxyl groups is 1. The first kappa shape index (κ1) is 23.0. The summed E-state index contributed by atoms with van der Waals surface area (Å²) in [5.41, 5.74) is 6.37. The number of nitrogens with two attached hydrogens (primary N) is 1. The number of aromatic nitrogens is 2. The van der Waals surface area contributed by atoms with Gasteiger partial charge in [0.15, 0.2) is 0 Å². The number of amides is 3. The maximum atomic E-state index is 12.4. The number of carbonyl (C=O) groups excluding carboxylic acids is 3. The van der Waals surface area contributed by atoms with Crippen molar-refractivity contribution in [2.24, 2.45) is 11.7 Å². The Labute approximate surface area is 161 Å². The van der Waals surface area contributed by atoms with Gasteiger partial charge in [-0.1, -0.05) is 13.8 Å². The van der Waals surface area contributed by atoms with Crippen LogP contribution in [-0.2, 0) is 25.6 Å². The summed E-state index contributed by atoms with van der Waals surface area (Å²) in [5.74, 6) is -3.54. The number of nitrogens with one attached hydrogen (secondary N) is 4. The minimum atomic E-state index is -1.48. The zero-order valence-corrected chi connectivity index (χ0v) is 15.6. The number of nitrogens with zero attached hydrogens (tertiary/aromatic N) is 1. The van der Waals surface area contributed by atoms with E-state index in [9.17, 15) is 19.2 Å². The normalized spacial score (nSPS) is 14.0. The van der Waals surface area contributed by atoms with Gasteiger partial charge in [-0.25, -0.2) is 9.78 Å². The molecular weight excluding hydrogens is 372 g/mol. The van der Waals surface area contributed by atoms with E-state index in [1.165, 1.54) is 12.5 Å². The number of carbonyl (C=O) groups is 4. The molecule has 0 saturated heterocycles. The fraction of sp³-hybridized carbons (Fsp3) is 0.562. The Morgan fingerprint density at radius 2 is 1.86 bits per heavy atom. The molecule has 1 aromatic heterocycles. The lowest BCUT2D eigenvalue weighted by molar-refractivity contribution is -0.142. The Morgan fingerprint density at radius 3 is 2.36 bits per heavy atom. The monoisotopic (exact) mass is 398 g/mol.